The molecule has 32 heavy (non-hydrogen) atoms. The van der Waals surface area contributed by atoms with Crippen molar-refractivity contribution >= 4 is 0 Å². The van der Waals surface area contributed by atoms with Crippen LogP contribution < -0.4 is 0 Å². The van der Waals surface area contributed by atoms with Crippen LogP contribution in [-0.4, -0.2) is 84.3 Å². The average molecular weight is 442 g/mol. The number of rotatable bonds is 2. The van der Waals surface area contributed by atoms with E-state index in [-0.39, 0.29) is 11.5 Å². The van der Waals surface area contributed by atoms with Gasteiger partial charge >= 0.3 is 0 Å². The maximum absolute atomic E-state index is 11.6. The van der Waals surface area contributed by atoms with Gasteiger partial charge in [0.05, 0.1) is 6.10 Å². The second-order valence-corrected chi connectivity index (χ2v) is 13.0. The van der Waals surface area contributed by atoms with Gasteiger partial charge in [-0.3, -0.25) is 4.90 Å². The van der Waals surface area contributed by atoms with Gasteiger partial charge in [0.25, 0.3) is 0 Å². The van der Waals surface area contributed by atoms with Crippen LogP contribution in [0.3, 0.4) is 0 Å². The van der Waals surface area contributed by atoms with E-state index in [0.717, 1.165) is 44.1 Å². The number of piperazine rings is 1. The molecule has 0 spiro atoms. The Labute approximate surface area is 196 Å². The van der Waals surface area contributed by atoms with Crippen LogP contribution in [0.1, 0.15) is 71.6 Å². The van der Waals surface area contributed by atoms with Crippen molar-refractivity contribution in [1.82, 2.24) is 14.7 Å². The van der Waals surface area contributed by atoms with Crippen LogP contribution >= 0.6 is 0 Å². The van der Waals surface area contributed by atoms with Crippen molar-refractivity contribution in [3.05, 3.63) is 11.6 Å². The van der Waals surface area contributed by atoms with E-state index in [2.05, 4.69) is 41.7 Å². The van der Waals surface area contributed by atoms with E-state index in [0.29, 0.717) is 17.4 Å². The maximum atomic E-state index is 11.6. The lowest BCUT2D eigenvalue weighted by Crippen LogP contribution is -2.54. The van der Waals surface area contributed by atoms with E-state index in [1.54, 1.807) is 0 Å². The van der Waals surface area contributed by atoms with Crippen LogP contribution in [0.4, 0.5) is 0 Å². The zero-order chi connectivity index (χ0) is 22.1. The molecule has 1 N–H and O–H groups in total. The van der Waals surface area contributed by atoms with Gasteiger partial charge in [-0.15, -0.1) is 0 Å². The van der Waals surface area contributed by atoms with Crippen molar-refractivity contribution in [1.29, 1.82) is 0 Å². The van der Waals surface area contributed by atoms with Crippen molar-refractivity contribution in [2.45, 2.75) is 89.8 Å². The lowest BCUT2D eigenvalue weighted by molar-refractivity contribution is -0.0773. The minimum absolute atomic E-state index is 0.129. The van der Waals surface area contributed by atoms with E-state index in [1.165, 1.54) is 70.9 Å². The zero-order valence-electron chi connectivity index (χ0n) is 20.9. The number of likely N-dealkylation sites (N-methyl/N-ethyl adjacent to an activating group) is 1. The van der Waals surface area contributed by atoms with Crippen LogP contribution in [0, 0.1) is 28.6 Å². The largest absolute Gasteiger partial charge is 0.391 e. The number of allylic oxidation sites excluding steroid dienone is 1. The Balaban J connectivity index is 1.22. The minimum Gasteiger partial charge on any atom is -0.391 e. The van der Waals surface area contributed by atoms with Gasteiger partial charge in [0.2, 0.25) is 0 Å². The molecular weight excluding hydrogens is 394 g/mol. The van der Waals surface area contributed by atoms with E-state index >= 15 is 0 Å². The molecule has 2 aliphatic heterocycles. The number of hydrogen-bond acceptors (Lipinski definition) is 4. The highest BCUT2D eigenvalue weighted by Gasteiger charge is 2.61. The van der Waals surface area contributed by atoms with Gasteiger partial charge in [-0.1, -0.05) is 25.5 Å². The quantitative estimate of drug-likeness (QED) is 0.656. The summed E-state index contributed by atoms with van der Waals surface area (Å²) < 4.78 is 0. The third-order valence-corrected chi connectivity index (χ3v) is 11.7. The number of likely N-dealkylation sites (tertiary alicyclic amines) is 1. The van der Waals surface area contributed by atoms with Gasteiger partial charge < -0.3 is 14.9 Å². The van der Waals surface area contributed by atoms with Crippen molar-refractivity contribution < 1.29 is 5.11 Å². The SMILES string of the molecule is CN1CCN([C@H]2C[C@H]3[C@@H]4CC=C5C[C@@H](N6CCCC6)CC[C@]5(C)[C@H]4CC[C@]3(C)[C@H]2O)CC1. The predicted octanol–water partition coefficient (Wildman–Crippen LogP) is 4.00. The van der Waals surface area contributed by atoms with Crippen molar-refractivity contribution in [3.63, 3.8) is 0 Å². The molecule has 180 valence electrons. The maximum Gasteiger partial charge on any atom is 0.0751 e. The highest BCUT2D eigenvalue weighted by molar-refractivity contribution is 5.26. The summed E-state index contributed by atoms with van der Waals surface area (Å²) in [6, 6.07) is 1.21. The summed E-state index contributed by atoms with van der Waals surface area (Å²) in [5, 5.41) is 11.6. The van der Waals surface area contributed by atoms with Gasteiger partial charge in [0, 0.05) is 38.3 Å². The standard InChI is InChI=1S/C28H47N3O/c1-27-10-8-21(30-12-4-5-13-30)18-20(27)6-7-22-23(27)9-11-28(2)24(22)19-25(26(28)32)31-16-14-29(3)15-17-31/h6,21-26,32H,4-5,7-19H2,1-3H3/t21-,22+,23-,24-,25-,26-,27-,28-/m0/s1. The van der Waals surface area contributed by atoms with Crippen LogP contribution in [0.15, 0.2) is 11.6 Å². The fourth-order valence-corrected chi connectivity index (χ4v) is 9.55. The summed E-state index contributed by atoms with van der Waals surface area (Å²) in [4.78, 5) is 7.89. The molecule has 6 rings (SSSR count). The predicted molar refractivity (Wildman–Crippen MR) is 131 cm³/mol. The van der Waals surface area contributed by atoms with E-state index in [9.17, 15) is 5.11 Å². The van der Waals surface area contributed by atoms with E-state index < -0.39 is 0 Å². The molecule has 2 saturated heterocycles. The van der Waals surface area contributed by atoms with Crippen LogP contribution in [0.2, 0.25) is 0 Å². The van der Waals surface area contributed by atoms with E-state index in [1.807, 2.05) is 5.57 Å². The third kappa shape index (κ3) is 3.30. The summed E-state index contributed by atoms with van der Waals surface area (Å²) in [7, 11) is 2.24. The molecule has 6 aliphatic rings. The number of aliphatic hydroxyl groups excluding tert-OH is 1. The fraction of sp³-hybridized carbons (Fsp3) is 0.929. The Hall–Kier alpha value is -0.420. The van der Waals surface area contributed by atoms with Crippen LogP contribution in [0.5, 0.6) is 0 Å². The Kier molecular flexibility index (Phi) is 5.57. The van der Waals surface area contributed by atoms with Crippen molar-refractivity contribution in [2.24, 2.45) is 28.6 Å². The normalized spacial score (nSPS) is 50.6. The molecule has 5 fully saturated rings. The smallest absolute Gasteiger partial charge is 0.0751 e. The molecule has 4 aliphatic carbocycles. The average Bonchev–Trinajstić information content (AvgIpc) is 3.41. The van der Waals surface area contributed by atoms with Crippen molar-refractivity contribution in [3.8, 4) is 0 Å². The second-order valence-electron chi connectivity index (χ2n) is 13.0. The molecule has 0 aromatic carbocycles. The molecule has 0 amide bonds. The Morgan fingerprint density at radius 1 is 0.906 bits per heavy atom. The summed E-state index contributed by atoms with van der Waals surface area (Å²) in [5.74, 6) is 2.34. The first-order chi connectivity index (χ1) is 15.4. The molecule has 8 atom stereocenters. The van der Waals surface area contributed by atoms with Crippen LogP contribution in [-0.2, 0) is 0 Å². The molecule has 0 unspecified atom stereocenters. The number of nitrogens with zero attached hydrogens (tertiary/aromatic N) is 3. The first kappa shape index (κ1) is 22.1. The minimum atomic E-state index is -0.138. The summed E-state index contributed by atoms with van der Waals surface area (Å²) >= 11 is 0. The van der Waals surface area contributed by atoms with Gasteiger partial charge in [-0.05, 0) is 107 Å². The third-order valence-electron chi connectivity index (χ3n) is 11.7. The van der Waals surface area contributed by atoms with Crippen molar-refractivity contribution in [2.75, 3.05) is 46.3 Å². The van der Waals surface area contributed by atoms with Gasteiger partial charge in [-0.25, -0.2) is 0 Å². The second kappa shape index (κ2) is 8.07. The Morgan fingerprint density at radius 2 is 1.66 bits per heavy atom. The molecular formula is C28H47N3O. The van der Waals surface area contributed by atoms with E-state index in [4.69, 9.17) is 0 Å². The Morgan fingerprint density at radius 3 is 2.41 bits per heavy atom. The molecule has 0 aromatic heterocycles. The fourth-order valence-electron chi connectivity index (χ4n) is 9.55. The molecule has 0 bridgehead atoms. The first-order valence-electron chi connectivity index (χ1n) is 13.9. The summed E-state index contributed by atoms with van der Waals surface area (Å²) in [6.07, 6.45) is 14.6. The lowest BCUT2D eigenvalue weighted by Gasteiger charge is -2.58. The topological polar surface area (TPSA) is 30.0 Å². The molecule has 0 radical (unpaired) electrons. The molecule has 0 aromatic rings. The Bertz CT molecular complexity index is 739. The highest BCUT2D eigenvalue weighted by Crippen LogP contribution is 2.65. The lowest BCUT2D eigenvalue weighted by atomic mass is 9.48. The van der Waals surface area contributed by atoms with Crippen LogP contribution in [0.25, 0.3) is 0 Å². The molecule has 3 saturated carbocycles. The molecule has 4 nitrogen and oxygen atoms in total. The number of fused-ring (bicyclic) bond motifs is 5. The zero-order valence-corrected chi connectivity index (χ0v) is 20.9. The van der Waals surface area contributed by atoms with Gasteiger partial charge in [0.1, 0.15) is 0 Å². The monoisotopic (exact) mass is 441 g/mol. The summed E-state index contributed by atoms with van der Waals surface area (Å²) in [5.41, 5.74) is 2.38. The number of aliphatic hydroxyl groups is 1. The molecule has 4 heteroatoms. The molecule has 2 heterocycles. The van der Waals surface area contributed by atoms with Gasteiger partial charge in [0.15, 0.2) is 0 Å². The number of hydrogen-bond donors (Lipinski definition) is 1. The first-order valence-corrected chi connectivity index (χ1v) is 13.9. The summed E-state index contributed by atoms with van der Waals surface area (Å²) in [6.45, 7) is 12.4. The van der Waals surface area contributed by atoms with Gasteiger partial charge in [-0.2, -0.15) is 0 Å². The highest BCUT2D eigenvalue weighted by atomic mass is 16.3.